The zero-order valence-electron chi connectivity index (χ0n) is 14.3. The van der Waals surface area contributed by atoms with Crippen molar-refractivity contribution in [1.29, 1.82) is 0 Å². The second kappa shape index (κ2) is 9.05. The lowest BCUT2D eigenvalue weighted by Gasteiger charge is -2.19. The Morgan fingerprint density at radius 3 is 2.59 bits per heavy atom. The monoisotopic (exact) mass is 404 g/mol. The van der Waals surface area contributed by atoms with E-state index in [1.54, 1.807) is 18.0 Å². The molecule has 0 spiro atoms. The maximum Gasteiger partial charge on any atom is 0.573 e. The molecule has 0 saturated heterocycles. The first-order valence-corrected chi connectivity index (χ1v) is 8.29. The largest absolute Gasteiger partial charge is 0.573 e. The lowest BCUT2D eigenvalue weighted by molar-refractivity contribution is -0.275. The first kappa shape index (κ1) is 21.0. The van der Waals surface area contributed by atoms with E-state index in [-0.39, 0.29) is 36.0 Å². The van der Waals surface area contributed by atoms with Crippen LogP contribution in [0.5, 0.6) is 5.75 Å². The van der Waals surface area contributed by atoms with E-state index in [1.165, 1.54) is 30.3 Å². The van der Waals surface area contributed by atoms with Gasteiger partial charge in [-0.15, -0.1) is 13.2 Å². The third-order valence-corrected chi connectivity index (χ3v) is 3.80. The van der Waals surface area contributed by atoms with Gasteiger partial charge >= 0.3 is 6.36 Å². The molecule has 0 aromatic heterocycles. The highest BCUT2D eigenvalue weighted by molar-refractivity contribution is 6.30. The molecule has 0 atom stereocenters. The van der Waals surface area contributed by atoms with Crippen LogP contribution in [0, 0.1) is 5.82 Å². The van der Waals surface area contributed by atoms with E-state index in [1.807, 2.05) is 0 Å². The van der Waals surface area contributed by atoms with Crippen molar-refractivity contribution in [2.75, 3.05) is 18.9 Å². The average Bonchev–Trinajstić information content (AvgIpc) is 2.56. The summed E-state index contributed by atoms with van der Waals surface area (Å²) in [5.74, 6) is -1.37. The first-order valence-electron chi connectivity index (χ1n) is 7.91. The number of ether oxygens (including phenoxy) is 1. The minimum Gasteiger partial charge on any atom is -0.405 e. The van der Waals surface area contributed by atoms with E-state index in [9.17, 15) is 22.4 Å². The number of benzene rings is 2. The number of alkyl halides is 3. The number of nitrogens with one attached hydrogen (secondary N) is 1. The number of hydrogen-bond donors (Lipinski definition) is 1. The van der Waals surface area contributed by atoms with E-state index in [2.05, 4.69) is 10.1 Å². The number of carbonyl (C=O) groups excluding carboxylic acids is 1. The Morgan fingerprint density at radius 2 is 1.93 bits per heavy atom. The second-order valence-corrected chi connectivity index (χ2v) is 6.25. The second-order valence-electron chi connectivity index (χ2n) is 5.82. The molecule has 0 unspecified atom stereocenters. The van der Waals surface area contributed by atoms with Gasteiger partial charge in [0.15, 0.2) is 0 Å². The third-order valence-electron chi connectivity index (χ3n) is 3.56. The van der Waals surface area contributed by atoms with Gasteiger partial charge in [-0.25, -0.2) is 4.39 Å². The Kier molecular flexibility index (Phi) is 7.04. The molecule has 9 heteroatoms. The number of amides is 1. The topological polar surface area (TPSA) is 41.6 Å². The molecular formula is C18H17ClF4N2O2. The molecule has 0 fully saturated rings. The molecule has 1 N–H and O–H groups in total. The Morgan fingerprint density at radius 1 is 1.22 bits per heavy atom. The van der Waals surface area contributed by atoms with E-state index >= 15 is 0 Å². The standard InChI is InChI=1S/C18H17ClF4N2O2/c1-25(11-12-4-2-3-5-16(12)27-18(21,22)23)9-8-17(26)24-15-7-6-13(19)10-14(15)20/h2-7,10H,8-9,11H2,1H3,(H,24,26). The van der Waals surface area contributed by atoms with Gasteiger partial charge in [0.25, 0.3) is 0 Å². The number of carbonyl (C=O) groups is 1. The van der Waals surface area contributed by atoms with Crippen LogP contribution < -0.4 is 10.1 Å². The predicted octanol–water partition coefficient (Wildman–Crippen LogP) is 4.84. The van der Waals surface area contributed by atoms with Crippen LogP contribution in [-0.2, 0) is 11.3 Å². The fourth-order valence-electron chi connectivity index (χ4n) is 2.32. The molecule has 0 aliphatic heterocycles. The summed E-state index contributed by atoms with van der Waals surface area (Å²) in [7, 11) is 1.65. The molecule has 0 heterocycles. The van der Waals surface area contributed by atoms with E-state index < -0.39 is 18.1 Å². The number of anilines is 1. The molecule has 146 valence electrons. The Bertz CT molecular complexity index is 799. The molecule has 2 aromatic carbocycles. The average molecular weight is 405 g/mol. The zero-order valence-corrected chi connectivity index (χ0v) is 15.1. The molecule has 0 aliphatic rings. The van der Waals surface area contributed by atoms with Gasteiger partial charge in [0, 0.05) is 30.1 Å². The van der Waals surface area contributed by atoms with Crippen LogP contribution in [-0.4, -0.2) is 30.8 Å². The lowest BCUT2D eigenvalue weighted by atomic mass is 10.2. The molecule has 1 amide bonds. The van der Waals surface area contributed by atoms with Crippen LogP contribution in [0.2, 0.25) is 5.02 Å². The summed E-state index contributed by atoms with van der Waals surface area (Å²) in [6.07, 6.45) is -4.75. The minimum absolute atomic E-state index is 0.0102. The number of rotatable bonds is 7. The number of nitrogens with zero attached hydrogens (tertiary/aromatic N) is 1. The van der Waals surface area contributed by atoms with Crippen LogP contribution >= 0.6 is 11.6 Å². The molecule has 0 radical (unpaired) electrons. The zero-order chi connectivity index (χ0) is 20.0. The van der Waals surface area contributed by atoms with Crippen molar-refractivity contribution in [2.24, 2.45) is 0 Å². The lowest BCUT2D eigenvalue weighted by Crippen LogP contribution is -2.25. The Balaban J connectivity index is 1.89. The molecule has 2 rings (SSSR count). The van der Waals surface area contributed by atoms with Crippen molar-refractivity contribution >= 4 is 23.2 Å². The highest BCUT2D eigenvalue weighted by atomic mass is 35.5. The molecule has 0 saturated carbocycles. The van der Waals surface area contributed by atoms with Gasteiger partial charge in [0.1, 0.15) is 11.6 Å². The molecule has 2 aromatic rings. The Labute approximate surface area is 158 Å². The number of halogens is 5. The maximum absolute atomic E-state index is 13.7. The van der Waals surface area contributed by atoms with Gasteiger partial charge in [-0.3, -0.25) is 4.79 Å². The van der Waals surface area contributed by atoms with E-state index in [0.29, 0.717) is 5.56 Å². The van der Waals surface area contributed by atoms with Crippen LogP contribution in [0.25, 0.3) is 0 Å². The Hall–Kier alpha value is -2.32. The van der Waals surface area contributed by atoms with Crippen LogP contribution in [0.15, 0.2) is 42.5 Å². The van der Waals surface area contributed by atoms with Gasteiger partial charge in [-0.2, -0.15) is 0 Å². The summed E-state index contributed by atoms with van der Waals surface area (Å²) >= 11 is 5.65. The number of para-hydroxylation sites is 1. The number of hydrogen-bond acceptors (Lipinski definition) is 3. The van der Waals surface area contributed by atoms with Crippen molar-refractivity contribution in [1.82, 2.24) is 4.90 Å². The van der Waals surface area contributed by atoms with Crippen LogP contribution in [0.3, 0.4) is 0 Å². The van der Waals surface area contributed by atoms with Crippen molar-refractivity contribution in [3.8, 4) is 5.75 Å². The first-order chi connectivity index (χ1) is 12.6. The molecule has 0 aliphatic carbocycles. The smallest absolute Gasteiger partial charge is 0.405 e. The van der Waals surface area contributed by atoms with E-state index in [0.717, 1.165) is 6.07 Å². The van der Waals surface area contributed by atoms with Gasteiger partial charge in [0.05, 0.1) is 5.69 Å². The molecule has 4 nitrogen and oxygen atoms in total. The maximum atomic E-state index is 13.7. The SMILES string of the molecule is CN(CCC(=O)Nc1ccc(Cl)cc1F)Cc1ccccc1OC(F)(F)F. The summed E-state index contributed by atoms with van der Waals surface area (Å²) in [6, 6.07) is 9.67. The summed E-state index contributed by atoms with van der Waals surface area (Å²) in [5, 5.41) is 2.64. The van der Waals surface area contributed by atoms with Gasteiger partial charge < -0.3 is 15.0 Å². The minimum atomic E-state index is -4.78. The summed E-state index contributed by atoms with van der Waals surface area (Å²) in [4.78, 5) is 13.6. The summed E-state index contributed by atoms with van der Waals surface area (Å²) < 4.78 is 55.0. The van der Waals surface area contributed by atoms with Gasteiger partial charge in [0.2, 0.25) is 5.91 Å². The van der Waals surface area contributed by atoms with Crippen LogP contribution in [0.4, 0.5) is 23.2 Å². The van der Waals surface area contributed by atoms with Crippen molar-refractivity contribution in [3.63, 3.8) is 0 Å². The summed E-state index contributed by atoms with van der Waals surface area (Å²) in [6.45, 7) is 0.399. The third kappa shape index (κ3) is 7.07. The fraction of sp³-hybridized carbons (Fsp3) is 0.278. The molecule has 27 heavy (non-hydrogen) atoms. The van der Waals surface area contributed by atoms with Gasteiger partial charge in [-0.1, -0.05) is 29.8 Å². The highest BCUT2D eigenvalue weighted by Gasteiger charge is 2.32. The highest BCUT2D eigenvalue weighted by Crippen LogP contribution is 2.27. The quantitative estimate of drug-likeness (QED) is 0.671. The fourth-order valence-corrected chi connectivity index (χ4v) is 2.48. The van der Waals surface area contributed by atoms with Crippen molar-refractivity contribution in [3.05, 3.63) is 58.9 Å². The predicted molar refractivity (Wildman–Crippen MR) is 94.1 cm³/mol. The van der Waals surface area contributed by atoms with Crippen molar-refractivity contribution < 1.29 is 27.1 Å². The summed E-state index contributed by atoms with van der Waals surface area (Å²) in [5.41, 5.74) is 0.345. The van der Waals surface area contributed by atoms with E-state index in [4.69, 9.17) is 11.6 Å². The molecular weight excluding hydrogens is 388 g/mol. The molecule has 0 bridgehead atoms. The van der Waals surface area contributed by atoms with Crippen LogP contribution in [0.1, 0.15) is 12.0 Å². The normalized spacial score (nSPS) is 11.5. The van der Waals surface area contributed by atoms with Gasteiger partial charge in [-0.05, 0) is 31.3 Å². The van der Waals surface area contributed by atoms with Crippen molar-refractivity contribution in [2.45, 2.75) is 19.3 Å².